The van der Waals surface area contributed by atoms with E-state index in [2.05, 4.69) is 41.7 Å². The van der Waals surface area contributed by atoms with Gasteiger partial charge in [0.15, 0.2) is 0 Å². The van der Waals surface area contributed by atoms with E-state index in [1.165, 1.54) is 36.0 Å². The van der Waals surface area contributed by atoms with Crippen molar-refractivity contribution in [2.24, 2.45) is 0 Å². The topological polar surface area (TPSA) is 35.8 Å². The highest BCUT2D eigenvalue weighted by Gasteiger charge is 2.44. The third-order valence-corrected chi connectivity index (χ3v) is 5.16. The highest BCUT2D eigenvalue weighted by Crippen LogP contribution is 2.47. The first kappa shape index (κ1) is 12.2. The monoisotopic (exact) mass is 264 g/mol. The van der Waals surface area contributed by atoms with Crippen molar-refractivity contribution in [1.82, 2.24) is 5.32 Å². The number of nitrogens with zero attached hydrogens (tertiary/aromatic N) is 1. The van der Waals surface area contributed by atoms with Crippen LogP contribution in [0.4, 0.5) is 0 Å². The molecule has 2 nitrogen and oxygen atoms in total. The predicted octanol–water partition coefficient (Wildman–Crippen LogP) is 3.54. The molecule has 1 aromatic carbocycles. The van der Waals surface area contributed by atoms with Gasteiger partial charge in [0.1, 0.15) is 0 Å². The molecule has 2 bridgehead atoms. The summed E-state index contributed by atoms with van der Waals surface area (Å²) in [7, 11) is 0. The molecule has 0 amide bonds. The largest absolute Gasteiger partial charge is 0.307 e. The van der Waals surface area contributed by atoms with E-state index in [4.69, 9.17) is 0 Å². The van der Waals surface area contributed by atoms with Crippen molar-refractivity contribution in [2.45, 2.75) is 56.0 Å². The Hall–Kier alpha value is -1.59. The Balaban J connectivity index is 1.60. The van der Waals surface area contributed by atoms with E-state index in [0.717, 1.165) is 19.3 Å². The number of fused-ring (bicyclic) bond motifs is 2. The van der Waals surface area contributed by atoms with E-state index in [0.29, 0.717) is 12.1 Å². The number of hydrogen-bond donors (Lipinski definition) is 1. The fraction of sp³-hybridized carbons (Fsp3) is 0.500. The Kier molecular flexibility index (Phi) is 2.72. The summed E-state index contributed by atoms with van der Waals surface area (Å²) in [5.74, 6) is 0. The van der Waals surface area contributed by atoms with Crippen LogP contribution in [0.3, 0.4) is 0 Å². The maximum Gasteiger partial charge on any atom is 0.0823 e. The molecular formula is C18H20N2. The average Bonchev–Trinajstić information content (AvgIpc) is 3.28. The number of rotatable bonds is 2. The third-order valence-electron chi connectivity index (χ3n) is 5.16. The number of nitriles is 1. The zero-order valence-corrected chi connectivity index (χ0v) is 11.7. The smallest absolute Gasteiger partial charge is 0.0823 e. The first-order valence-electron chi connectivity index (χ1n) is 7.78. The summed E-state index contributed by atoms with van der Waals surface area (Å²) in [6.07, 6.45) is 9.56. The van der Waals surface area contributed by atoms with E-state index in [9.17, 15) is 5.26 Å². The Morgan fingerprint density at radius 2 is 1.95 bits per heavy atom. The van der Waals surface area contributed by atoms with Crippen LogP contribution in [0.25, 0.3) is 5.57 Å². The van der Waals surface area contributed by atoms with Gasteiger partial charge in [0.25, 0.3) is 0 Å². The number of nitrogens with one attached hydrogen (secondary N) is 1. The van der Waals surface area contributed by atoms with Crippen LogP contribution >= 0.6 is 0 Å². The molecule has 20 heavy (non-hydrogen) atoms. The number of piperidine rings is 1. The van der Waals surface area contributed by atoms with Crippen molar-refractivity contribution in [3.8, 4) is 6.07 Å². The molecule has 1 saturated heterocycles. The molecule has 3 aliphatic rings. The Morgan fingerprint density at radius 3 is 2.60 bits per heavy atom. The summed E-state index contributed by atoms with van der Waals surface area (Å²) in [6, 6.07) is 12.5. The van der Waals surface area contributed by atoms with Gasteiger partial charge in [-0.2, -0.15) is 5.26 Å². The number of hydrogen-bond acceptors (Lipinski definition) is 2. The summed E-state index contributed by atoms with van der Waals surface area (Å²) < 4.78 is 0. The second-order valence-electron chi connectivity index (χ2n) is 6.57. The highest BCUT2D eigenvalue weighted by atomic mass is 15.0. The van der Waals surface area contributed by atoms with Gasteiger partial charge in [-0.05, 0) is 48.8 Å². The summed E-state index contributed by atoms with van der Waals surface area (Å²) in [4.78, 5) is 0. The first-order valence-corrected chi connectivity index (χ1v) is 7.78. The zero-order chi connectivity index (χ0) is 13.6. The lowest BCUT2D eigenvalue weighted by molar-refractivity contribution is 0.348. The summed E-state index contributed by atoms with van der Waals surface area (Å²) >= 11 is 0. The lowest BCUT2D eigenvalue weighted by Crippen LogP contribution is -2.44. The maximum atomic E-state index is 9.27. The maximum absolute atomic E-state index is 9.27. The van der Waals surface area contributed by atoms with Crippen LogP contribution < -0.4 is 5.32 Å². The van der Waals surface area contributed by atoms with Crippen molar-refractivity contribution in [1.29, 1.82) is 5.26 Å². The molecule has 1 N–H and O–H groups in total. The average molecular weight is 264 g/mol. The van der Waals surface area contributed by atoms with Crippen molar-refractivity contribution in [3.63, 3.8) is 0 Å². The molecule has 1 saturated carbocycles. The minimum atomic E-state index is -0.155. The van der Waals surface area contributed by atoms with E-state index < -0.39 is 0 Å². The minimum Gasteiger partial charge on any atom is -0.307 e. The Bertz CT molecular complexity index is 587. The normalized spacial score (nSPS) is 30.2. The predicted molar refractivity (Wildman–Crippen MR) is 80.1 cm³/mol. The molecule has 2 heterocycles. The van der Waals surface area contributed by atoms with Gasteiger partial charge in [-0.25, -0.2) is 0 Å². The molecule has 2 heteroatoms. The zero-order valence-electron chi connectivity index (χ0n) is 11.7. The van der Waals surface area contributed by atoms with Crippen LogP contribution in [-0.2, 0) is 5.41 Å². The lowest BCUT2D eigenvalue weighted by atomic mass is 9.84. The van der Waals surface area contributed by atoms with Crippen molar-refractivity contribution in [3.05, 3.63) is 41.5 Å². The minimum absolute atomic E-state index is 0.155. The van der Waals surface area contributed by atoms with Crippen LogP contribution in [0.5, 0.6) is 0 Å². The van der Waals surface area contributed by atoms with Gasteiger partial charge in [-0.1, -0.05) is 36.8 Å². The fourth-order valence-corrected chi connectivity index (χ4v) is 3.73. The molecule has 2 unspecified atom stereocenters. The van der Waals surface area contributed by atoms with E-state index in [1.54, 1.807) is 0 Å². The second-order valence-corrected chi connectivity index (χ2v) is 6.57. The SMILES string of the molecule is N#CC1(c2ccc(C3=CC4CCCC(C3)N4)cc2)CC1. The molecular weight excluding hydrogens is 244 g/mol. The molecule has 2 atom stereocenters. The Labute approximate surface area is 120 Å². The lowest BCUT2D eigenvalue weighted by Gasteiger charge is -2.35. The second kappa shape index (κ2) is 4.46. The summed E-state index contributed by atoms with van der Waals surface area (Å²) in [5, 5.41) is 13.0. The van der Waals surface area contributed by atoms with Crippen LogP contribution in [0.15, 0.2) is 30.3 Å². The third kappa shape index (κ3) is 1.98. The van der Waals surface area contributed by atoms with Gasteiger partial charge in [-0.3, -0.25) is 0 Å². The molecule has 0 aromatic heterocycles. The molecule has 2 fully saturated rings. The summed E-state index contributed by atoms with van der Waals surface area (Å²) in [5.41, 5.74) is 3.89. The van der Waals surface area contributed by atoms with Crippen LogP contribution in [0, 0.1) is 11.3 Å². The van der Waals surface area contributed by atoms with Gasteiger partial charge in [0.05, 0.1) is 11.5 Å². The van der Waals surface area contributed by atoms with E-state index in [-0.39, 0.29) is 5.41 Å². The Morgan fingerprint density at radius 1 is 1.15 bits per heavy atom. The van der Waals surface area contributed by atoms with Gasteiger partial charge in [0.2, 0.25) is 0 Å². The van der Waals surface area contributed by atoms with Crippen molar-refractivity contribution >= 4 is 5.57 Å². The standard InChI is InChI=1S/C18H20N2/c19-12-18(8-9-18)15-6-4-13(5-7-15)14-10-16-2-1-3-17(11-14)20-16/h4-7,10,16-17,20H,1-3,8-9,11H2. The van der Waals surface area contributed by atoms with Crippen molar-refractivity contribution < 1.29 is 0 Å². The van der Waals surface area contributed by atoms with Gasteiger partial charge < -0.3 is 5.32 Å². The molecule has 4 rings (SSSR count). The highest BCUT2D eigenvalue weighted by molar-refractivity contribution is 5.68. The molecule has 0 radical (unpaired) electrons. The van der Waals surface area contributed by atoms with E-state index >= 15 is 0 Å². The molecule has 102 valence electrons. The summed E-state index contributed by atoms with van der Waals surface area (Å²) in [6.45, 7) is 0. The van der Waals surface area contributed by atoms with E-state index in [1.807, 2.05) is 0 Å². The van der Waals surface area contributed by atoms with Crippen LogP contribution in [0.1, 0.15) is 49.7 Å². The van der Waals surface area contributed by atoms with Gasteiger partial charge in [0, 0.05) is 12.1 Å². The molecule has 1 aliphatic carbocycles. The quantitative estimate of drug-likeness (QED) is 0.887. The molecule has 1 aromatic rings. The van der Waals surface area contributed by atoms with Crippen LogP contribution in [-0.4, -0.2) is 12.1 Å². The first-order chi connectivity index (χ1) is 9.79. The molecule has 2 aliphatic heterocycles. The van der Waals surface area contributed by atoms with Gasteiger partial charge >= 0.3 is 0 Å². The van der Waals surface area contributed by atoms with Crippen molar-refractivity contribution in [2.75, 3.05) is 0 Å². The number of benzene rings is 1. The fourth-order valence-electron chi connectivity index (χ4n) is 3.73. The molecule has 0 spiro atoms. The van der Waals surface area contributed by atoms with Crippen LogP contribution in [0.2, 0.25) is 0 Å². The van der Waals surface area contributed by atoms with Gasteiger partial charge in [-0.15, -0.1) is 0 Å².